The zero-order valence-electron chi connectivity index (χ0n) is 45.4. The zero-order valence-corrected chi connectivity index (χ0v) is 44.4. The second kappa shape index (κ2) is 22.3. The fraction of sp³-hybridized carbons (Fsp3) is 0.276. The van der Waals surface area contributed by atoms with Gasteiger partial charge in [0.05, 0.1) is 37.9 Å². The number of aromatic amines is 3. The number of methoxy groups -OCH3 is 3. The molecule has 0 amide bonds. The number of hydrogen-bond donors (Lipinski definition) is 6. The summed E-state index contributed by atoms with van der Waals surface area (Å²) in [5.41, 5.74) is 12.3. The molecular weight excluding hydrogens is 1020 g/mol. The van der Waals surface area contributed by atoms with Crippen LogP contribution in [0.2, 0.25) is 0 Å². The standard InChI is InChI=1S/3C19H18FN3O3.CH4/c3*1-23-6-5-11-12(13-7-10(20)3-4-16(13)26-2)8-14-17(15(11)9-23)21-19(24)18(14)22-25;/h3*3-4,7-8,21,24H,5-6,9H2,1-2H3;1H4/i;;;1T. The molecule has 3 aliphatic rings. The summed E-state index contributed by atoms with van der Waals surface area (Å²) >= 11 is 0. The summed E-state index contributed by atoms with van der Waals surface area (Å²) in [7, 11) is 11.9. The summed E-state index contributed by atoms with van der Waals surface area (Å²) in [6.45, 7) is 4.51. The van der Waals surface area contributed by atoms with Gasteiger partial charge in [0, 0.05) is 73.5 Å². The van der Waals surface area contributed by atoms with Crippen LogP contribution in [0.15, 0.2) is 88.3 Å². The number of nitrogens with one attached hydrogen (secondary N) is 3. The molecule has 12 rings (SSSR count). The lowest BCUT2D eigenvalue weighted by Crippen LogP contribution is -2.27. The Morgan fingerprint density at radius 2 is 0.722 bits per heavy atom. The first-order valence-corrected chi connectivity index (χ1v) is 24.8. The van der Waals surface area contributed by atoms with Crippen molar-refractivity contribution in [3.8, 4) is 68.3 Å². The first kappa shape index (κ1) is 53.6. The minimum absolute atomic E-state index is 0.0346. The number of nitrogens with zero attached hydrogens (tertiary/aromatic N) is 6. The summed E-state index contributed by atoms with van der Waals surface area (Å²) in [5, 5.41) is 40.7. The van der Waals surface area contributed by atoms with Crippen molar-refractivity contribution >= 4 is 49.8 Å². The summed E-state index contributed by atoms with van der Waals surface area (Å²) in [6.07, 6.45) is 2.29. The molecule has 0 saturated heterocycles. The molecular formula is C58H58F3N9O9. The molecule has 0 spiro atoms. The topological polar surface area (TPSA) is 234 Å². The highest BCUT2D eigenvalue weighted by Gasteiger charge is 2.29. The van der Waals surface area contributed by atoms with Crippen molar-refractivity contribution < 1.29 is 44.1 Å². The van der Waals surface area contributed by atoms with Gasteiger partial charge in [0.1, 0.15) is 34.7 Å². The molecule has 0 aliphatic carbocycles. The van der Waals surface area contributed by atoms with Crippen molar-refractivity contribution in [1.29, 1.82) is 0 Å². The van der Waals surface area contributed by atoms with Gasteiger partial charge in [0.15, 0.2) is 17.1 Å². The number of benzene rings is 6. The van der Waals surface area contributed by atoms with Crippen LogP contribution in [0, 0.1) is 32.2 Å². The normalized spacial score (nSPS) is 14.3. The van der Waals surface area contributed by atoms with Crippen molar-refractivity contribution in [1.82, 2.24) is 29.7 Å². The number of H-pyrrole nitrogens is 3. The van der Waals surface area contributed by atoms with Crippen LogP contribution in [0.3, 0.4) is 0 Å². The molecule has 3 aliphatic heterocycles. The van der Waals surface area contributed by atoms with Gasteiger partial charge in [-0.15, -0.1) is 14.7 Å². The van der Waals surface area contributed by atoms with Crippen LogP contribution in [0.25, 0.3) is 66.1 Å². The Labute approximate surface area is 452 Å². The number of aromatic hydroxyl groups is 3. The monoisotopic (exact) mass is 1080 g/mol. The molecule has 79 heavy (non-hydrogen) atoms. The number of aromatic nitrogens is 3. The highest BCUT2D eigenvalue weighted by atomic mass is 19.1. The predicted octanol–water partition coefficient (Wildman–Crippen LogP) is 12.9. The average Bonchev–Trinajstić information content (AvgIpc) is 4.11. The number of nitroso groups, excluding NO2 is 3. The Bertz CT molecular complexity index is 3490. The van der Waals surface area contributed by atoms with E-state index in [9.17, 15) is 43.2 Å². The van der Waals surface area contributed by atoms with E-state index in [1.165, 1.54) is 65.1 Å². The van der Waals surface area contributed by atoms with Crippen molar-refractivity contribution in [2.45, 2.75) is 46.3 Å². The van der Waals surface area contributed by atoms with Gasteiger partial charge in [-0.1, -0.05) is 7.40 Å². The highest BCUT2D eigenvalue weighted by molar-refractivity contribution is 6.03. The largest absolute Gasteiger partial charge is 0.496 e. The van der Waals surface area contributed by atoms with Gasteiger partial charge < -0.3 is 59.2 Å². The summed E-state index contributed by atoms with van der Waals surface area (Å²) in [4.78, 5) is 48.8. The lowest BCUT2D eigenvalue weighted by Gasteiger charge is -2.28. The molecule has 9 aromatic rings. The van der Waals surface area contributed by atoms with E-state index in [0.29, 0.717) is 86.3 Å². The Morgan fingerprint density at radius 1 is 0.456 bits per heavy atom. The first-order chi connectivity index (χ1) is 38.6. The maximum Gasteiger partial charge on any atom is 0.219 e. The second-order valence-electron chi connectivity index (χ2n) is 19.6. The van der Waals surface area contributed by atoms with E-state index < -0.39 is 0 Å². The number of ether oxygens (including phenoxy) is 3. The second-order valence-corrected chi connectivity index (χ2v) is 19.6. The van der Waals surface area contributed by atoms with Crippen LogP contribution in [0.1, 0.15) is 42.2 Å². The maximum atomic E-state index is 13.9. The van der Waals surface area contributed by atoms with Crippen LogP contribution < -0.4 is 14.2 Å². The van der Waals surface area contributed by atoms with E-state index in [1.54, 1.807) is 36.4 Å². The lowest BCUT2D eigenvalue weighted by atomic mass is 9.88. The van der Waals surface area contributed by atoms with Crippen LogP contribution in [-0.2, 0) is 38.9 Å². The fourth-order valence-electron chi connectivity index (χ4n) is 11.2. The predicted molar refractivity (Wildman–Crippen MR) is 299 cm³/mol. The zero-order chi connectivity index (χ0) is 57.3. The Morgan fingerprint density at radius 3 is 0.962 bits per heavy atom. The molecule has 0 atom stereocenters. The van der Waals surface area contributed by atoms with E-state index >= 15 is 0 Å². The number of hydrogen-bond acceptors (Lipinski definition) is 15. The smallest absolute Gasteiger partial charge is 0.219 e. The van der Waals surface area contributed by atoms with Gasteiger partial charge in [0.2, 0.25) is 17.6 Å². The Kier molecular flexibility index (Phi) is 15.1. The molecule has 0 fully saturated rings. The van der Waals surface area contributed by atoms with Crippen molar-refractivity contribution in [2.75, 3.05) is 62.1 Å². The van der Waals surface area contributed by atoms with E-state index in [2.05, 4.69) is 45.2 Å². The molecule has 0 saturated carbocycles. The fourth-order valence-corrected chi connectivity index (χ4v) is 11.2. The third-order valence-electron chi connectivity index (χ3n) is 15.0. The third-order valence-corrected chi connectivity index (χ3v) is 15.0. The van der Waals surface area contributed by atoms with Gasteiger partial charge in [-0.2, -0.15) is 0 Å². The minimum atomic E-state index is -0.367. The Hall–Kier alpha value is -8.79. The van der Waals surface area contributed by atoms with E-state index in [0.717, 1.165) is 89.0 Å². The third kappa shape index (κ3) is 9.96. The van der Waals surface area contributed by atoms with Crippen LogP contribution in [0.4, 0.5) is 30.2 Å². The molecule has 6 heterocycles. The van der Waals surface area contributed by atoms with Crippen LogP contribution in [-0.4, -0.2) is 107 Å². The lowest BCUT2D eigenvalue weighted by molar-refractivity contribution is 0.314. The molecule has 18 nitrogen and oxygen atoms in total. The molecule has 6 aromatic carbocycles. The van der Waals surface area contributed by atoms with Crippen molar-refractivity contribution in [3.05, 3.63) is 138 Å². The molecule has 6 N–H and O–H groups in total. The van der Waals surface area contributed by atoms with Crippen LogP contribution in [0.5, 0.6) is 34.9 Å². The molecule has 410 valence electrons. The summed E-state index contributed by atoms with van der Waals surface area (Å²) < 4.78 is 63.9. The number of halogens is 3. The summed E-state index contributed by atoms with van der Waals surface area (Å²) in [6, 6.07) is 18.4. The number of fused-ring (bicyclic) bond motifs is 9. The van der Waals surface area contributed by atoms with E-state index in [4.69, 9.17) is 15.6 Å². The SMILES string of the molecule is COc1ccc(F)cc1-c1cc2c(N=O)c(O)[nH]c2c2c1CCN(C)C2.COc1ccc(F)cc1-c1cc2c(N=O)c(O)[nH]c2c2c1CCN(C)C2.COc1ccc(F)cc1-c1cc2c(N=O)c(O)[nH]c2c2c1CCN(C)C2.[3H]C. The van der Waals surface area contributed by atoms with E-state index in [-0.39, 0.29) is 52.2 Å². The van der Waals surface area contributed by atoms with Gasteiger partial charge in [0.25, 0.3) is 0 Å². The molecule has 0 radical (unpaired) electrons. The number of likely N-dealkylation sites (N-methyl/N-ethyl adjacent to an activating group) is 3. The van der Waals surface area contributed by atoms with Gasteiger partial charge in [-0.05, 0) is 179 Å². The maximum absolute atomic E-state index is 13.9. The van der Waals surface area contributed by atoms with Gasteiger partial charge >= 0.3 is 0 Å². The Balaban J connectivity index is 0.000000143. The molecule has 0 bridgehead atoms. The quantitative estimate of drug-likeness (QED) is 0.0741. The van der Waals surface area contributed by atoms with Crippen LogP contribution >= 0.6 is 0 Å². The minimum Gasteiger partial charge on any atom is -0.496 e. The average molecular weight is 1080 g/mol. The molecule has 21 heteroatoms. The van der Waals surface area contributed by atoms with Crippen molar-refractivity contribution in [2.24, 2.45) is 15.5 Å². The summed E-state index contributed by atoms with van der Waals surface area (Å²) in [5.74, 6) is -0.224. The number of rotatable bonds is 9. The molecule has 3 aromatic heterocycles. The van der Waals surface area contributed by atoms with Gasteiger partial charge in [-0.3, -0.25) is 0 Å². The highest BCUT2D eigenvalue weighted by Crippen LogP contribution is 2.48. The van der Waals surface area contributed by atoms with E-state index in [1.807, 2.05) is 21.1 Å². The first-order valence-electron chi connectivity index (χ1n) is 25.8. The molecule has 0 unspecified atom stereocenters. The van der Waals surface area contributed by atoms with Crippen molar-refractivity contribution in [3.63, 3.8) is 0 Å². The van der Waals surface area contributed by atoms with Gasteiger partial charge in [-0.25, -0.2) is 13.2 Å².